The molecule has 0 unspecified atom stereocenters. The fourth-order valence-electron chi connectivity index (χ4n) is 2.63. The third kappa shape index (κ3) is 2.96. The molecule has 0 fully saturated rings. The Bertz CT molecular complexity index is 976. The Hall–Kier alpha value is -3.22. The molecule has 0 aliphatic heterocycles. The van der Waals surface area contributed by atoms with Gasteiger partial charge in [-0.05, 0) is 30.2 Å². The van der Waals surface area contributed by atoms with Gasteiger partial charge in [0.15, 0.2) is 17.2 Å². The second kappa shape index (κ2) is 6.35. The molecule has 0 aliphatic rings. The highest BCUT2D eigenvalue weighted by Gasteiger charge is 2.17. The first-order valence-electron chi connectivity index (χ1n) is 8.15. The predicted molar refractivity (Wildman–Crippen MR) is 95.9 cm³/mol. The number of pyridine rings is 1. The SMILES string of the molecule is CC(C)CNc1n[nH]c2nc(-c3ccco3)c(-c3ccncn3)cc12. The van der Waals surface area contributed by atoms with Crippen LogP contribution in [0.15, 0.2) is 47.5 Å². The molecule has 7 nitrogen and oxygen atoms in total. The number of aromatic nitrogens is 5. The molecular formula is C18H18N6O. The lowest BCUT2D eigenvalue weighted by Crippen LogP contribution is -2.08. The number of fused-ring (bicyclic) bond motifs is 1. The van der Waals surface area contributed by atoms with E-state index in [1.807, 2.05) is 24.3 Å². The van der Waals surface area contributed by atoms with Crippen LogP contribution in [0, 0.1) is 5.92 Å². The van der Waals surface area contributed by atoms with Crippen molar-refractivity contribution < 1.29 is 4.42 Å². The number of rotatable bonds is 5. The largest absolute Gasteiger partial charge is 0.463 e. The zero-order chi connectivity index (χ0) is 17.2. The molecule has 0 amide bonds. The van der Waals surface area contributed by atoms with Gasteiger partial charge in [0.25, 0.3) is 0 Å². The zero-order valence-corrected chi connectivity index (χ0v) is 14.0. The van der Waals surface area contributed by atoms with E-state index in [9.17, 15) is 0 Å². The lowest BCUT2D eigenvalue weighted by atomic mass is 10.1. The first kappa shape index (κ1) is 15.3. The van der Waals surface area contributed by atoms with Crippen molar-refractivity contribution in [2.75, 3.05) is 11.9 Å². The lowest BCUT2D eigenvalue weighted by molar-refractivity contribution is 0.580. The molecule has 7 heteroatoms. The van der Waals surface area contributed by atoms with Gasteiger partial charge in [-0.25, -0.2) is 15.0 Å². The van der Waals surface area contributed by atoms with E-state index in [0.717, 1.165) is 34.7 Å². The van der Waals surface area contributed by atoms with Gasteiger partial charge in [-0.2, -0.15) is 5.10 Å². The van der Waals surface area contributed by atoms with Crippen LogP contribution < -0.4 is 5.32 Å². The van der Waals surface area contributed by atoms with Gasteiger partial charge in [-0.1, -0.05) is 13.8 Å². The summed E-state index contributed by atoms with van der Waals surface area (Å²) < 4.78 is 5.56. The number of anilines is 1. The first-order chi connectivity index (χ1) is 12.2. The van der Waals surface area contributed by atoms with Crippen LogP contribution in [0.25, 0.3) is 33.7 Å². The molecule has 0 saturated heterocycles. The van der Waals surface area contributed by atoms with Crippen LogP contribution in [0.3, 0.4) is 0 Å². The fourth-order valence-corrected chi connectivity index (χ4v) is 2.63. The Morgan fingerprint density at radius 3 is 2.92 bits per heavy atom. The summed E-state index contributed by atoms with van der Waals surface area (Å²) in [5.41, 5.74) is 3.08. The van der Waals surface area contributed by atoms with Crippen molar-refractivity contribution in [3.05, 3.63) is 43.1 Å². The van der Waals surface area contributed by atoms with Gasteiger partial charge in [0, 0.05) is 18.3 Å². The van der Waals surface area contributed by atoms with Crippen LogP contribution in [0.4, 0.5) is 5.82 Å². The van der Waals surface area contributed by atoms with E-state index in [0.29, 0.717) is 17.3 Å². The highest BCUT2D eigenvalue weighted by Crippen LogP contribution is 2.33. The highest BCUT2D eigenvalue weighted by atomic mass is 16.3. The minimum atomic E-state index is 0.517. The maximum atomic E-state index is 5.56. The second-order valence-electron chi connectivity index (χ2n) is 6.20. The van der Waals surface area contributed by atoms with Crippen LogP contribution >= 0.6 is 0 Å². The minimum absolute atomic E-state index is 0.517. The van der Waals surface area contributed by atoms with Crippen LogP contribution in [-0.2, 0) is 0 Å². The maximum Gasteiger partial charge on any atom is 0.158 e. The molecule has 0 saturated carbocycles. The Balaban J connectivity index is 1.89. The predicted octanol–water partition coefficient (Wildman–Crippen LogP) is 3.74. The number of hydrogen-bond acceptors (Lipinski definition) is 6. The second-order valence-corrected chi connectivity index (χ2v) is 6.20. The van der Waals surface area contributed by atoms with Gasteiger partial charge in [-0.3, -0.25) is 5.10 Å². The van der Waals surface area contributed by atoms with Gasteiger partial charge in [0.05, 0.1) is 17.3 Å². The molecule has 0 aromatic carbocycles. The summed E-state index contributed by atoms with van der Waals surface area (Å²) in [5, 5.41) is 11.6. The van der Waals surface area contributed by atoms with E-state index < -0.39 is 0 Å². The molecule has 2 N–H and O–H groups in total. The topological polar surface area (TPSA) is 92.5 Å². The van der Waals surface area contributed by atoms with Crippen LogP contribution in [0.5, 0.6) is 0 Å². The summed E-state index contributed by atoms with van der Waals surface area (Å²) in [6.07, 6.45) is 4.87. The average molecular weight is 334 g/mol. The minimum Gasteiger partial charge on any atom is -0.463 e. The molecule has 4 aromatic heterocycles. The molecule has 4 aromatic rings. The lowest BCUT2D eigenvalue weighted by Gasteiger charge is -2.08. The Labute approximate surface area is 144 Å². The van der Waals surface area contributed by atoms with E-state index in [2.05, 4.69) is 39.3 Å². The monoisotopic (exact) mass is 334 g/mol. The van der Waals surface area contributed by atoms with Gasteiger partial charge in [0.1, 0.15) is 12.0 Å². The fraction of sp³-hybridized carbons (Fsp3) is 0.222. The van der Waals surface area contributed by atoms with E-state index in [1.54, 1.807) is 12.5 Å². The molecule has 0 bridgehead atoms. The van der Waals surface area contributed by atoms with Crippen molar-refractivity contribution in [2.24, 2.45) is 5.92 Å². The van der Waals surface area contributed by atoms with Crippen LogP contribution in [-0.4, -0.2) is 31.7 Å². The third-order valence-electron chi connectivity index (χ3n) is 3.84. The van der Waals surface area contributed by atoms with Crippen LogP contribution in [0.2, 0.25) is 0 Å². The summed E-state index contributed by atoms with van der Waals surface area (Å²) in [6, 6.07) is 7.62. The van der Waals surface area contributed by atoms with Crippen molar-refractivity contribution in [2.45, 2.75) is 13.8 Å². The molecule has 0 radical (unpaired) electrons. The smallest absolute Gasteiger partial charge is 0.158 e. The van der Waals surface area contributed by atoms with Gasteiger partial charge < -0.3 is 9.73 Å². The average Bonchev–Trinajstić information content (AvgIpc) is 3.29. The van der Waals surface area contributed by atoms with Crippen molar-refractivity contribution in [3.8, 4) is 22.7 Å². The molecule has 0 atom stereocenters. The quantitative estimate of drug-likeness (QED) is 0.577. The third-order valence-corrected chi connectivity index (χ3v) is 3.84. The maximum absolute atomic E-state index is 5.56. The zero-order valence-electron chi connectivity index (χ0n) is 14.0. The van der Waals surface area contributed by atoms with E-state index in [-0.39, 0.29) is 0 Å². The van der Waals surface area contributed by atoms with E-state index in [4.69, 9.17) is 9.40 Å². The number of H-pyrrole nitrogens is 1. The Morgan fingerprint density at radius 2 is 2.20 bits per heavy atom. The standard InChI is InChI=1S/C18H18N6O/c1-11(2)9-20-17-13-8-12(14-5-6-19-10-21-14)16(15-4-3-7-25-15)22-18(13)24-23-17/h3-8,10-11H,9H2,1-2H3,(H2,20,22,23,24). The molecular weight excluding hydrogens is 316 g/mol. The first-order valence-corrected chi connectivity index (χ1v) is 8.15. The Kier molecular flexibility index (Phi) is 3.89. The molecule has 4 heterocycles. The molecule has 25 heavy (non-hydrogen) atoms. The van der Waals surface area contributed by atoms with Gasteiger partial charge in [-0.15, -0.1) is 0 Å². The van der Waals surface area contributed by atoms with E-state index in [1.165, 1.54) is 6.33 Å². The summed E-state index contributed by atoms with van der Waals surface area (Å²) in [5.74, 6) is 1.99. The number of hydrogen-bond donors (Lipinski definition) is 2. The molecule has 0 aliphatic carbocycles. The highest BCUT2D eigenvalue weighted by molar-refractivity contribution is 5.94. The van der Waals surface area contributed by atoms with Crippen molar-refractivity contribution in [1.82, 2.24) is 25.1 Å². The number of furan rings is 1. The van der Waals surface area contributed by atoms with Crippen molar-refractivity contribution >= 4 is 16.9 Å². The summed E-state index contributed by atoms with van der Waals surface area (Å²) >= 11 is 0. The number of nitrogens with one attached hydrogen (secondary N) is 2. The van der Waals surface area contributed by atoms with E-state index >= 15 is 0 Å². The number of aromatic amines is 1. The van der Waals surface area contributed by atoms with Crippen molar-refractivity contribution in [3.63, 3.8) is 0 Å². The summed E-state index contributed by atoms with van der Waals surface area (Å²) in [7, 11) is 0. The Morgan fingerprint density at radius 1 is 1.28 bits per heavy atom. The summed E-state index contributed by atoms with van der Waals surface area (Å²) in [6.45, 7) is 5.14. The normalized spacial score (nSPS) is 11.3. The van der Waals surface area contributed by atoms with Crippen LogP contribution in [0.1, 0.15) is 13.8 Å². The molecule has 4 rings (SSSR count). The number of nitrogens with zero attached hydrogens (tertiary/aromatic N) is 4. The van der Waals surface area contributed by atoms with Crippen molar-refractivity contribution in [1.29, 1.82) is 0 Å². The molecule has 0 spiro atoms. The molecule has 126 valence electrons. The van der Waals surface area contributed by atoms with Gasteiger partial charge >= 0.3 is 0 Å². The van der Waals surface area contributed by atoms with Gasteiger partial charge in [0.2, 0.25) is 0 Å². The summed E-state index contributed by atoms with van der Waals surface area (Å²) in [4.78, 5) is 13.1.